The summed E-state index contributed by atoms with van der Waals surface area (Å²) in [5.41, 5.74) is 1.46. The van der Waals surface area contributed by atoms with E-state index in [1.54, 1.807) is 43.3 Å². The molecule has 7 nitrogen and oxygen atoms in total. The number of carbonyl (C=O) groups is 1. The molecule has 2 N–H and O–H groups in total. The summed E-state index contributed by atoms with van der Waals surface area (Å²) in [6, 6.07) is 17.9. The molecule has 0 atom stereocenters. The predicted octanol–water partition coefficient (Wildman–Crippen LogP) is 2.68. The van der Waals surface area contributed by atoms with E-state index in [2.05, 4.69) is 10.2 Å². The largest absolute Gasteiger partial charge is 0.493 e. The Morgan fingerprint density at radius 2 is 1.56 bits per heavy atom. The molecule has 2 heterocycles. The summed E-state index contributed by atoms with van der Waals surface area (Å²) in [6.45, 7) is 1.69. The smallest absolute Gasteiger partial charge is 0.280 e. The van der Waals surface area contributed by atoms with Crippen LogP contribution in [0.1, 0.15) is 12.5 Å². The monoisotopic (exact) mass is 360 g/mol. The topological polar surface area (TPSA) is 90.7 Å². The van der Waals surface area contributed by atoms with Crippen LogP contribution in [-0.2, 0) is 4.79 Å². The maximum atomic E-state index is 12.8. The van der Waals surface area contributed by atoms with Crippen LogP contribution in [-0.4, -0.2) is 26.5 Å². The maximum Gasteiger partial charge on any atom is 0.280 e. The van der Waals surface area contributed by atoms with Crippen molar-refractivity contribution in [2.24, 2.45) is 5.10 Å². The minimum absolute atomic E-state index is 0.00617. The molecular weight excluding hydrogens is 344 g/mol. The number of nitrogens with one attached hydrogen (secondary N) is 1. The number of nitrogens with zero attached hydrogens (tertiary/aromatic N) is 3. The van der Waals surface area contributed by atoms with Gasteiger partial charge in [-0.15, -0.1) is 0 Å². The second kappa shape index (κ2) is 6.45. The molecule has 3 aromatic rings. The third-order valence-electron chi connectivity index (χ3n) is 4.28. The number of hydrazone groups is 1. The van der Waals surface area contributed by atoms with Gasteiger partial charge in [-0.05, 0) is 37.3 Å². The Labute approximate surface area is 154 Å². The van der Waals surface area contributed by atoms with Crippen LogP contribution in [0.3, 0.4) is 0 Å². The fraction of sp³-hybridized carbons (Fsp3) is 0.0500. The number of rotatable bonds is 3. The second-order valence-corrected chi connectivity index (χ2v) is 6.05. The van der Waals surface area contributed by atoms with Gasteiger partial charge in [0.05, 0.1) is 22.7 Å². The molecule has 1 aliphatic rings. The molecule has 0 fully saturated rings. The van der Waals surface area contributed by atoms with Gasteiger partial charge in [-0.3, -0.25) is 14.7 Å². The summed E-state index contributed by atoms with van der Waals surface area (Å²) in [4.78, 5) is 25.1. The normalized spacial score (nSPS) is 15.4. The number of aromatic hydroxyl groups is 1. The van der Waals surface area contributed by atoms with Crippen molar-refractivity contribution in [1.82, 2.24) is 9.78 Å². The van der Waals surface area contributed by atoms with E-state index in [1.807, 2.05) is 24.3 Å². The summed E-state index contributed by atoms with van der Waals surface area (Å²) >= 11 is 0. The first-order chi connectivity index (χ1) is 13.1. The van der Waals surface area contributed by atoms with E-state index in [0.717, 1.165) is 0 Å². The minimum Gasteiger partial charge on any atom is -0.493 e. The molecule has 0 saturated carbocycles. The number of anilines is 1. The average molecular weight is 360 g/mol. The summed E-state index contributed by atoms with van der Waals surface area (Å²) in [6.07, 6.45) is 1.37. The Kier molecular flexibility index (Phi) is 3.97. The highest BCUT2D eigenvalue weighted by Crippen LogP contribution is 2.26. The summed E-state index contributed by atoms with van der Waals surface area (Å²) in [7, 11) is 0. The summed E-state index contributed by atoms with van der Waals surface area (Å²) < 4.78 is 1.27. The van der Waals surface area contributed by atoms with Gasteiger partial charge >= 0.3 is 0 Å². The molecule has 0 unspecified atom stereocenters. The number of H-pyrrole nitrogens is 1. The lowest BCUT2D eigenvalue weighted by Crippen LogP contribution is -2.21. The van der Waals surface area contributed by atoms with Gasteiger partial charge in [-0.2, -0.15) is 10.1 Å². The van der Waals surface area contributed by atoms with E-state index in [-0.39, 0.29) is 22.9 Å². The Morgan fingerprint density at radius 1 is 0.963 bits per heavy atom. The molecule has 0 saturated heterocycles. The zero-order valence-electron chi connectivity index (χ0n) is 14.5. The number of hydrogen-bond donors (Lipinski definition) is 2. The Morgan fingerprint density at radius 3 is 2.19 bits per heavy atom. The number of aromatic amines is 1. The number of benzene rings is 2. The first kappa shape index (κ1) is 16.6. The first-order valence-corrected chi connectivity index (χ1v) is 8.32. The van der Waals surface area contributed by atoms with Gasteiger partial charge in [0.25, 0.3) is 11.5 Å². The predicted molar refractivity (Wildman–Crippen MR) is 103 cm³/mol. The quantitative estimate of drug-likeness (QED) is 0.704. The molecule has 1 amide bonds. The van der Waals surface area contributed by atoms with Gasteiger partial charge in [0.2, 0.25) is 5.88 Å². The number of para-hydroxylation sites is 2. The van der Waals surface area contributed by atoms with Crippen molar-refractivity contribution in [2.75, 3.05) is 5.01 Å². The number of aromatic nitrogens is 2. The Bertz CT molecular complexity index is 1130. The van der Waals surface area contributed by atoms with Gasteiger partial charge in [0, 0.05) is 0 Å². The molecule has 1 aromatic heterocycles. The molecule has 7 heteroatoms. The van der Waals surface area contributed by atoms with E-state index in [1.165, 1.54) is 15.8 Å². The molecule has 1 aliphatic heterocycles. The van der Waals surface area contributed by atoms with E-state index >= 15 is 0 Å². The highest BCUT2D eigenvalue weighted by atomic mass is 16.3. The van der Waals surface area contributed by atoms with E-state index < -0.39 is 5.56 Å². The molecule has 0 radical (unpaired) electrons. The third-order valence-corrected chi connectivity index (χ3v) is 4.28. The van der Waals surface area contributed by atoms with Crippen molar-refractivity contribution >= 4 is 23.4 Å². The minimum atomic E-state index is -0.498. The van der Waals surface area contributed by atoms with Crippen LogP contribution in [0, 0.1) is 0 Å². The van der Waals surface area contributed by atoms with Crippen molar-refractivity contribution in [1.29, 1.82) is 0 Å². The number of hydrogen-bond acceptors (Lipinski definition) is 4. The third kappa shape index (κ3) is 2.85. The lowest BCUT2D eigenvalue weighted by molar-refractivity contribution is -0.114. The van der Waals surface area contributed by atoms with Gasteiger partial charge in [-0.1, -0.05) is 36.4 Å². The molecular formula is C20H16N4O3. The van der Waals surface area contributed by atoms with Crippen LogP contribution in [0.15, 0.2) is 76.1 Å². The van der Waals surface area contributed by atoms with Crippen LogP contribution < -0.4 is 10.6 Å². The van der Waals surface area contributed by atoms with Gasteiger partial charge < -0.3 is 5.11 Å². The van der Waals surface area contributed by atoms with Crippen molar-refractivity contribution < 1.29 is 9.90 Å². The summed E-state index contributed by atoms with van der Waals surface area (Å²) in [5.74, 6) is -0.623. The standard InChI is InChI=1S/C20H16N4O3/c1-13-16(19(26)23(21-13)14-8-4-2-5-9-14)12-17-18(25)22-24(20(17)27)15-10-6-3-7-11-15/h2-12,27H,1H3,(H,22,25). The number of carbonyl (C=O) groups excluding carboxylic acids is 1. The van der Waals surface area contributed by atoms with Crippen LogP contribution in [0.25, 0.3) is 11.8 Å². The van der Waals surface area contributed by atoms with Crippen LogP contribution in [0.4, 0.5) is 5.69 Å². The summed E-state index contributed by atoms with van der Waals surface area (Å²) in [5, 5.41) is 18.6. The number of amides is 1. The molecule has 2 aromatic carbocycles. The first-order valence-electron chi connectivity index (χ1n) is 8.32. The molecule has 4 rings (SSSR count). The van der Waals surface area contributed by atoms with Crippen molar-refractivity contribution in [3.05, 3.63) is 82.2 Å². The Hall–Kier alpha value is -3.87. The van der Waals surface area contributed by atoms with Gasteiger partial charge in [0.1, 0.15) is 5.56 Å². The average Bonchev–Trinajstić information content (AvgIpc) is 3.14. The van der Waals surface area contributed by atoms with E-state index in [9.17, 15) is 14.7 Å². The molecule has 134 valence electrons. The van der Waals surface area contributed by atoms with Crippen LogP contribution in [0.2, 0.25) is 0 Å². The van der Waals surface area contributed by atoms with Crippen LogP contribution >= 0.6 is 0 Å². The van der Waals surface area contributed by atoms with Crippen molar-refractivity contribution in [3.8, 4) is 11.6 Å². The second-order valence-electron chi connectivity index (χ2n) is 6.05. The van der Waals surface area contributed by atoms with Crippen LogP contribution in [0.5, 0.6) is 5.88 Å². The Balaban J connectivity index is 1.75. The van der Waals surface area contributed by atoms with E-state index in [4.69, 9.17) is 0 Å². The molecule has 0 bridgehead atoms. The van der Waals surface area contributed by atoms with Crippen molar-refractivity contribution in [3.63, 3.8) is 0 Å². The highest BCUT2D eigenvalue weighted by molar-refractivity contribution is 6.32. The van der Waals surface area contributed by atoms with E-state index in [0.29, 0.717) is 17.1 Å². The molecule has 0 spiro atoms. The fourth-order valence-corrected chi connectivity index (χ4v) is 2.90. The van der Waals surface area contributed by atoms with Crippen molar-refractivity contribution in [2.45, 2.75) is 6.92 Å². The lowest BCUT2D eigenvalue weighted by Gasteiger charge is -2.10. The molecule has 0 aliphatic carbocycles. The highest BCUT2D eigenvalue weighted by Gasteiger charge is 2.29. The zero-order chi connectivity index (χ0) is 19.0. The van der Waals surface area contributed by atoms with Gasteiger partial charge in [0.15, 0.2) is 0 Å². The van der Waals surface area contributed by atoms with Gasteiger partial charge in [-0.25, -0.2) is 4.68 Å². The maximum absolute atomic E-state index is 12.8. The molecule has 27 heavy (non-hydrogen) atoms. The lowest BCUT2D eigenvalue weighted by atomic mass is 10.1. The zero-order valence-corrected chi connectivity index (χ0v) is 14.5. The fourth-order valence-electron chi connectivity index (χ4n) is 2.90. The SMILES string of the molecule is CC1=NN(c2ccccc2)C(=O)C1=Cc1c(O)n(-c2ccccc2)[nH]c1=O.